The van der Waals surface area contributed by atoms with Crippen molar-refractivity contribution in [1.29, 1.82) is 0 Å². The van der Waals surface area contributed by atoms with Crippen LogP contribution in [-0.4, -0.2) is 147 Å². The fraction of sp³-hybridized carbons (Fsp3) is 0.611. The van der Waals surface area contributed by atoms with E-state index >= 15 is 0 Å². The second-order valence-electron chi connectivity index (χ2n) is 11.2. The molecule has 0 saturated carbocycles. The molecule has 1 aromatic carbocycles. The van der Waals surface area contributed by atoms with Gasteiger partial charge in [-0.15, -0.1) is 0 Å². The predicted molar refractivity (Wildman–Crippen MR) is 187 cm³/mol. The highest BCUT2D eigenvalue weighted by molar-refractivity contribution is 5.77. The molecule has 0 aliphatic heterocycles. The van der Waals surface area contributed by atoms with Crippen molar-refractivity contribution in [2.45, 2.75) is 59.9 Å². The molecular formula is C36H55N3O12. The number of hydrogen-bond donors (Lipinski definition) is 1. The van der Waals surface area contributed by atoms with Crippen molar-refractivity contribution < 1.29 is 57.6 Å². The summed E-state index contributed by atoms with van der Waals surface area (Å²) >= 11 is 0. The van der Waals surface area contributed by atoms with Gasteiger partial charge in [0.1, 0.15) is 6.04 Å². The minimum Gasteiger partial charge on any atom is -0.481 e. The van der Waals surface area contributed by atoms with E-state index in [0.717, 1.165) is 11.1 Å². The fourth-order valence-electron chi connectivity index (χ4n) is 5.02. The maximum absolute atomic E-state index is 13.5. The molecule has 286 valence electrons. The molecule has 1 N–H and O–H groups in total. The lowest BCUT2D eigenvalue weighted by Crippen LogP contribution is -2.50. The average Bonchev–Trinajstić information content (AvgIpc) is 3.06. The van der Waals surface area contributed by atoms with Gasteiger partial charge < -0.3 is 28.8 Å². The van der Waals surface area contributed by atoms with E-state index in [1.165, 1.54) is 0 Å². The molecule has 0 spiro atoms. The van der Waals surface area contributed by atoms with E-state index in [1.54, 1.807) is 44.4 Å². The Morgan fingerprint density at radius 2 is 1.12 bits per heavy atom. The number of carbonyl (C=O) groups excluding carboxylic acids is 5. The van der Waals surface area contributed by atoms with E-state index < -0.39 is 41.9 Å². The van der Waals surface area contributed by atoms with Gasteiger partial charge in [0, 0.05) is 32.6 Å². The zero-order chi connectivity index (χ0) is 38.0. The summed E-state index contributed by atoms with van der Waals surface area (Å²) < 4.78 is 25.9. The van der Waals surface area contributed by atoms with Crippen LogP contribution in [0.2, 0.25) is 0 Å². The lowest BCUT2D eigenvalue weighted by atomic mass is 10.0. The van der Waals surface area contributed by atoms with Crippen LogP contribution in [0.15, 0.2) is 30.3 Å². The maximum Gasteiger partial charge on any atom is 0.323 e. The van der Waals surface area contributed by atoms with Crippen LogP contribution in [-0.2, 0) is 58.9 Å². The molecule has 0 bridgehead atoms. The van der Waals surface area contributed by atoms with Crippen LogP contribution in [0.5, 0.6) is 0 Å². The number of benzene rings is 1. The van der Waals surface area contributed by atoms with Gasteiger partial charge in [-0.2, -0.15) is 0 Å². The SMILES string of the molecule is CCOC(=O)CN(CCN(CCN(CC(=O)OCC)CC(=O)OCC)C(CC=Cc1cccc(CCC(=O)O)c1)C(=O)OCC)CC(=O)OCC. The van der Waals surface area contributed by atoms with Gasteiger partial charge in [0.2, 0.25) is 0 Å². The second kappa shape index (κ2) is 26.5. The van der Waals surface area contributed by atoms with Crippen molar-refractivity contribution in [3.8, 4) is 0 Å². The Morgan fingerprint density at radius 3 is 1.53 bits per heavy atom. The van der Waals surface area contributed by atoms with E-state index in [9.17, 15) is 28.8 Å². The summed E-state index contributed by atoms with van der Waals surface area (Å²) in [6, 6.07) is 6.58. The smallest absolute Gasteiger partial charge is 0.323 e. The first-order valence-electron chi connectivity index (χ1n) is 17.4. The van der Waals surface area contributed by atoms with Crippen LogP contribution in [0, 0.1) is 0 Å². The third-order valence-corrected chi connectivity index (χ3v) is 7.29. The number of ether oxygens (including phenoxy) is 5. The molecule has 0 aromatic heterocycles. The van der Waals surface area contributed by atoms with E-state index in [-0.39, 0.29) is 98.2 Å². The first kappa shape index (κ1) is 44.7. The second-order valence-corrected chi connectivity index (χ2v) is 11.2. The Kier molecular flexibility index (Phi) is 23.2. The third kappa shape index (κ3) is 20.2. The van der Waals surface area contributed by atoms with E-state index in [0.29, 0.717) is 6.42 Å². The highest BCUT2D eigenvalue weighted by Gasteiger charge is 2.29. The Morgan fingerprint density at radius 1 is 0.667 bits per heavy atom. The Bertz CT molecular complexity index is 1180. The van der Waals surface area contributed by atoms with E-state index in [4.69, 9.17) is 28.8 Å². The first-order chi connectivity index (χ1) is 24.4. The van der Waals surface area contributed by atoms with E-state index in [1.807, 2.05) is 41.3 Å². The highest BCUT2D eigenvalue weighted by atomic mass is 16.5. The summed E-state index contributed by atoms with van der Waals surface area (Å²) in [5.74, 6) is -3.52. The van der Waals surface area contributed by atoms with Crippen molar-refractivity contribution in [2.24, 2.45) is 0 Å². The standard InChI is InChI=1S/C36H55N3O12/c1-6-47-32(42)24-37(25-33(43)48-7-2)19-21-39(22-20-38(26-34(44)49-8-3)27-35(45)50-9-4)30(36(46)51-10-5)16-12-15-28-13-11-14-29(23-28)17-18-31(40)41/h11-15,23,30H,6-10,16-22,24-27H2,1-5H3,(H,40,41). The van der Waals surface area contributed by atoms with Gasteiger partial charge in [0.15, 0.2) is 0 Å². The number of nitrogens with zero attached hydrogens (tertiary/aromatic N) is 3. The molecule has 0 radical (unpaired) electrons. The summed E-state index contributed by atoms with van der Waals surface area (Å²) in [6.45, 7) is 9.05. The number of aliphatic carboxylic acids is 1. The number of aryl methyl sites for hydroxylation is 1. The average molecular weight is 722 g/mol. The topological polar surface area (TPSA) is 179 Å². The zero-order valence-electron chi connectivity index (χ0n) is 30.6. The molecule has 0 amide bonds. The van der Waals surface area contributed by atoms with Gasteiger partial charge in [0.05, 0.1) is 59.2 Å². The largest absolute Gasteiger partial charge is 0.481 e. The molecule has 15 heteroatoms. The molecule has 1 atom stereocenters. The summed E-state index contributed by atoms with van der Waals surface area (Å²) in [5.41, 5.74) is 1.67. The molecule has 1 aromatic rings. The number of hydrogen-bond acceptors (Lipinski definition) is 14. The maximum atomic E-state index is 13.5. The highest BCUT2D eigenvalue weighted by Crippen LogP contribution is 2.14. The first-order valence-corrected chi connectivity index (χ1v) is 17.4. The van der Waals surface area contributed by atoms with Crippen molar-refractivity contribution in [1.82, 2.24) is 14.7 Å². The quantitative estimate of drug-likeness (QED) is 0.103. The Hall–Kier alpha value is -4.34. The molecular weight excluding hydrogens is 666 g/mol. The summed E-state index contributed by atoms with van der Waals surface area (Å²) in [4.78, 5) is 79.2. The van der Waals surface area contributed by atoms with Crippen LogP contribution in [0.4, 0.5) is 0 Å². The minimum absolute atomic E-state index is 0.000236. The number of carbonyl (C=O) groups is 6. The van der Waals surface area contributed by atoms with E-state index in [2.05, 4.69) is 0 Å². The van der Waals surface area contributed by atoms with Gasteiger partial charge in [0.25, 0.3) is 0 Å². The molecule has 0 aliphatic carbocycles. The molecule has 0 fully saturated rings. The molecule has 15 nitrogen and oxygen atoms in total. The lowest BCUT2D eigenvalue weighted by Gasteiger charge is -2.33. The van der Waals surface area contributed by atoms with Gasteiger partial charge in [-0.1, -0.05) is 36.4 Å². The summed E-state index contributed by atoms with van der Waals surface area (Å²) in [5, 5.41) is 9.06. The normalized spacial score (nSPS) is 11.8. The van der Waals surface area contributed by atoms with Gasteiger partial charge >= 0.3 is 35.8 Å². The number of carboxylic acid groups (broad SMARTS) is 1. The van der Waals surface area contributed by atoms with Crippen LogP contribution >= 0.6 is 0 Å². The molecule has 0 heterocycles. The lowest BCUT2D eigenvalue weighted by molar-refractivity contribution is -0.152. The van der Waals surface area contributed by atoms with Crippen LogP contribution in [0.25, 0.3) is 6.08 Å². The number of carboxylic acids is 1. The Balaban J connectivity index is 3.44. The van der Waals surface area contributed by atoms with Crippen molar-refractivity contribution in [3.05, 3.63) is 41.5 Å². The van der Waals surface area contributed by atoms with Crippen LogP contribution in [0.1, 0.15) is 58.6 Å². The minimum atomic E-state index is -0.889. The van der Waals surface area contributed by atoms with Crippen molar-refractivity contribution >= 4 is 41.9 Å². The predicted octanol–water partition coefficient (Wildman–Crippen LogP) is 2.20. The van der Waals surface area contributed by atoms with Crippen molar-refractivity contribution in [2.75, 3.05) is 85.4 Å². The number of rotatable bonds is 27. The van der Waals surface area contributed by atoms with Gasteiger partial charge in [-0.25, -0.2) is 0 Å². The zero-order valence-corrected chi connectivity index (χ0v) is 30.6. The molecule has 0 aliphatic rings. The van der Waals surface area contributed by atoms with Crippen LogP contribution in [0.3, 0.4) is 0 Å². The van der Waals surface area contributed by atoms with Crippen molar-refractivity contribution in [3.63, 3.8) is 0 Å². The van der Waals surface area contributed by atoms with Gasteiger partial charge in [-0.3, -0.25) is 43.5 Å². The monoisotopic (exact) mass is 721 g/mol. The van der Waals surface area contributed by atoms with Crippen LogP contribution < -0.4 is 0 Å². The van der Waals surface area contributed by atoms with Gasteiger partial charge in [-0.05, 0) is 58.6 Å². The summed E-state index contributed by atoms with van der Waals surface area (Å²) in [7, 11) is 0. The molecule has 0 saturated heterocycles. The molecule has 51 heavy (non-hydrogen) atoms. The number of esters is 5. The summed E-state index contributed by atoms with van der Waals surface area (Å²) in [6.07, 6.45) is 4.22. The molecule has 1 rings (SSSR count). The fourth-order valence-corrected chi connectivity index (χ4v) is 5.02. The molecule has 1 unspecified atom stereocenters. The Labute approximate surface area is 300 Å². The third-order valence-electron chi connectivity index (χ3n) is 7.29.